The van der Waals surface area contributed by atoms with Crippen LogP contribution in [0.25, 0.3) is 0 Å². The van der Waals surface area contributed by atoms with Crippen LogP contribution in [-0.2, 0) is 4.74 Å². The predicted molar refractivity (Wildman–Crippen MR) is 62.9 cm³/mol. The molecule has 1 aromatic carbocycles. The van der Waals surface area contributed by atoms with Gasteiger partial charge in [-0.2, -0.15) is 0 Å². The highest BCUT2D eigenvalue weighted by Gasteiger charge is 2.05. The fraction of sp³-hybridized carbons (Fsp3) is 0.500. The third-order valence-electron chi connectivity index (χ3n) is 2.17. The van der Waals surface area contributed by atoms with Gasteiger partial charge in [0.25, 0.3) is 0 Å². The van der Waals surface area contributed by atoms with Crippen LogP contribution in [0.15, 0.2) is 18.2 Å². The molecule has 15 heavy (non-hydrogen) atoms. The Morgan fingerprint density at radius 3 is 2.53 bits per heavy atom. The molecule has 0 radical (unpaired) electrons. The molecule has 0 saturated heterocycles. The Morgan fingerprint density at radius 2 is 2.00 bits per heavy atom. The Kier molecular flexibility index (Phi) is 4.92. The molecule has 2 nitrogen and oxygen atoms in total. The molecule has 0 saturated carbocycles. The second-order valence-electron chi connectivity index (χ2n) is 3.69. The lowest BCUT2D eigenvalue weighted by atomic mass is 10.0. The Labute approximate surface area is 96.2 Å². The molecule has 0 amide bonds. The molecule has 0 aliphatic carbocycles. The summed E-state index contributed by atoms with van der Waals surface area (Å²) in [7, 11) is 1.65. The van der Waals surface area contributed by atoms with Gasteiger partial charge in [0, 0.05) is 7.11 Å². The predicted octanol–water partition coefficient (Wildman–Crippen LogP) is 3.49. The van der Waals surface area contributed by atoms with E-state index in [4.69, 9.17) is 21.1 Å². The fourth-order valence-corrected chi connectivity index (χ4v) is 1.47. The van der Waals surface area contributed by atoms with Crippen LogP contribution in [0.2, 0.25) is 5.02 Å². The van der Waals surface area contributed by atoms with Crippen molar-refractivity contribution < 1.29 is 9.47 Å². The summed E-state index contributed by atoms with van der Waals surface area (Å²) in [6.45, 7) is 5.37. The average molecular weight is 229 g/mol. The highest BCUT2D eigenvalue weighted by Crippen LogP contribution is 2.28. The highest BCUT2D eigenvalue weighted by molar-refractivity contribution is 6.32. The van der Waals surface area contributed by atoms with Crippen LogP contribution in [0.1, 0.15) is 25.3 Å². The summed E-state index contributed by atoms with van der Waals surface area (Å²) in [5.74, 6) is 1.20. The summed E-state index contributed by atoms with van der Waals surface area (Å²) in [4.78, 5) is 0. The van der Waals surface area contributed by atoms with E-state index in [1.165, 1.54) is 5.56 Å². The molecule has 0 unspecified atom stereocenters. The third kappa shape index (κ3) is 3.73. The summed E-state index contributed by atoms with van der Waals surface area (Å²) in [6.07, 6.45) is 0. The van der Waals surface area contributed by atoms with Gasteiger partial charge in [-0.25, -0.2) is 0 Å². The number of methoxy groups -OCH3 is 1. The van der Waals surface area contributed by atoms with Crippen LogP contribution in [-0.4, -0.2) is 20.3 Å². The van der Waals surface area contributed by atoms with Crippen LogP contribution < -0.4 is 4.74 Å². The molecule has 1 aromatic rings. The van der Waals surface area contributed by atoms with E-state index in [9.17, 15) is 0 Å². The summed E-state index contributed by atoms with van der Waals surface area (Å²) < 4.78 is 10.4. The lowest BCUT2D eigenvalue weighted by Gasteiger charge is -2.10. The van der Waals surface area contributed by atoms with E-state index in [-0.39, 0.29) is 0 Å². The maximum atomic E-state index is 6.09. The maximum Gasteiger partial charge on any atom is 0.138 e. The van der Waals surface area contributed by atoms with Gasteiger partial charge in [-0.05, 0) is 23.6 Å². The minimum absolute atomic E-state index is 0.482. The standard InChI is InChI=1S/C12H17ClO2/c1-9(2)10-4-5-12(11(13)8-10)15-7-6-14-3/h4-5,8-9H,6-7H2,1-3H3. The lowest BCUT2D eigenvalue weighted by Crippen LogP contribution is -2.04. The molecule has 0 bridgehead atoms. The SMILES string of the molecule is COCCOc1ccc(C(C)C)cc1Cl. The van der Waals surface area contributed by atoms with Crippen LogP contribution in [0.5, 0.6) is 5.75 Å². The Hall–Kier alpha value is -0.730. The van der Waals surface area contributed by atoms with Gasteiger partial charge in [-0.15, -0.1) is 0 Å². The van der Waals surface area contributed by atoms with Crippen molar-refractivity contribution in [3.63, 3.8) is 0 Å². The van der Waals surface area contributed by atoms with Crippen LogP contribution in [0.4, 0.5) is 0 Å². The largest absolute Gasteiger partial charge is 0.490 e. The maximum absolute atomic E-state index is 6.09. The first-order valence-electron chi connectivity index (χ1n) is 5.06. The van der Waals surface area contributed by atoms with Crippen molar-refractivity contribution in [1.29, 1.82) is 0 Å². The second-order valence-corrected chi connectivity index (χ2v) is 4.09. The summed E-state index contributed by atoms with van der Waals surface area (Å²) in [6, 6.07) is 5.90. The van der Waals surface area contributed by atoms with Crippen molar-refractivity contribution >= 4 is 11.6 Å². The molecule has 0 atom stereocenters. The zero-order valence-corrected chi connectivity index (χ0v) is 10.2. The van der Waals surface area contributed by atoms with Crippen molar-refractivity contribution in [2.75, 3.05) is 20.3 Å². The van der Waals surface area contributed by atoms with Gasteiger partial charge < -0.3 is 9.47 Å². The molecule has 0 fully saturated rings. The topological polar surface area (TPSA) is 18.5 Å². The Bertz CT molecular complexity index is 310. The first-order valence-corrected chi connectivity index (χ1v) is 5.44. The van der Waals surface area contributed by atoms with Gasteiger partial charge in [0.15, 0.2) is 0 Å². The molecule has 0 aliphatic heterocycles. The monoisotopic (exact) mass is 228 g/mol. The lowest BCUT2D eigenvalue weighted by molar-refractivity contribution is 0.146. The highest BCUT2D eigenvalue weighted by atomic mass is 35.5. The van der Waals surface area contributed by atoms with Crippen LogP contribution in [0.3, 0.4) is 0 Å². The molecular weight excluding hydrogens is 212 g/mol. The molecule has 0 aromatic heterocycles. The van der Waals surface area contributed by atoms with E-state index >= 15 is 0 Å². The molecule has 84 valence electrons. The van der Waals surface area contributed by atoms with E-state index in [1.54, 1.807) is 7.11 Å². The molecule has 0 heterocycles. The second kappa shape index (κ2) is 5.99. The smallest absolute Gasteiger partial charge is 0.138 e. The summed E-state index contributed by atoms with van der Waals surface area (Å²) in [5, 5.41) is 0.664. The van der Waals surface area contributed by atoms with Crippen molar-refractivity contribution in [3.8, 4) is 5.75 Å². The average Bonchev–Trinajstić information content (AvgIpc) is 2.20. The van der Waals surface area contributed by atoms with E-state index in [0.717, 1.165) is 5.75 Å². The number of halogens is 1. The van der Waals surface area contributed by atoms with Gasteiger partial charge in [0.2, 0.25) is 0 Å². The number of hydrogen-bond donors (Lipinski definition) is 0. The Morgan fingerprint density at radius 1 is 1.27 bits per heavy atom. The minimum Gasteiger partial charge on any atom is -0.490 e. The third-order valence-corrected chi connectivity index (χ3v) is 2.46. The van der Waals surface area contributed by atoms with Crippen molar-refractivity contribution in [3.05, 3.63) is 28.8 Å². The zero-order valence-electron chi connectivity index (χ0n) is 9.42. The summed E-state index contributed by atoms with van der Waals surface area (Å²) in [5.41, 5.74) is 1.22. The Balaban J connectivity index is 2.66. The van der Waals surface area contributed by atoms with E-state index in [1.807, 2.05) is 18.2 Å². The summed E-state index contributed by atoms with van der Waals surface area (Å²) >= 11 is 6.09. The first-order chi connectivity index (χ1) is 7.15. The molecule has 0 N–H and O–H groups in total. The number of hydrogen-bond acceptors (Lipinski definition) is 2. The van der Waals surface area contributed by atoms with Crippen molar-refractivity contribution in [1.82, 2.24) is 0 Å². The van der Waals surface area contributed by atoms with Crippen molar-refractivity contribution in [2.24, 2.45) is 0 Å². The van der Waals surface area contributed by atoms with Gasteiger partial charge in [0.1, 0.15) is 12.4 Å². The van der Waals surface area contributed by atoms with E-state index in [2.05, 4.69) is 13.8 Å². The van der Waals surface area contributed by atoms with Crippen LogP contribution in [0, 0.1) is 0 Å². The van der Waals surface area contributed by atoms with Gasteiger partial charge in [-0.3, -0.25) is 0 Å². The number of rotatable bonds is 5. The van der Waals surface area contributed by atoms with Crippen LogP contribution >= 0.6 is 11.6 Å². The normalized spacial score (nSPS) is 10.7. The minimum atomic E-state index is 0.482. The molecule has 1 rings (SSSR count). The number of benzene rings is 1. The molecular formula is C12H17ClO2. The van der Waals surface area contributed by atoms with E-state index in [0.29, 0.717) is 24.2 Å². The van der Waals surface area contributed by atoms with Gasteiger partial charge >= 0.3 is 0 Å². The number of ether oxygens (including phenoxy) is 2. The fourth-order valence-electron chi connectivity index (χ4n) is 1.23. The molecule has 0 aliphatic rings. The first kappa shape index (κ1) is 12.3. The van der Waals surface area contributed by atoms with E-state index < -0.39 is 0 Å². The zero-order chi connectivity index (χ0) is 11.3. The quantitative estimate of drug-likeness (QED) is 0.719. The van der Waals surface area contributed by atoms with Gasteiger partial charge in [0.05, 0.1) is 11.6 Å². The molecule has 3 heteroatoms. The van der Waals surface area contributed by atoms with Gasteiger partial charge in [-0.1, -0.05) is 31.5 Å². The molecule has 0 spiro atoms. The van der Waals surface area contributed by atoms with Crippen molar-refractivity contribution in [2.45, 2.75) is 19.8 Å².